The molecule has 4 N–H and O–H groups in total. The van der Waals surface area contributed by atoms with Crippen LogP contribution in [0, 0.1) is 6.92 Å². The monoisotopic (exact) mass is 341 g/mol. The lowest BCUT2D eigenvalue weighted by molar-refractivity contribution is 0.578. The van der Waals surface area contributed by atoms with Gasteiger partial charge in [-0.05, 0) is 31.7 Å². The molecule has 0 amide bonds. The molecule has 114 valence electrons. The Morgan fingerprint density at radius 3 is 2.35 bits per heavy atom. The van der Waals surface area contributed by atoms with E-state index >= 15 is 0 Å². The number of anilines is 1. The Bertz CT molecular complexity index is 678. The van der Waals surface area contributed by atoms with Crippen LogP contribution < -0.4 is 15.2 Å². The number of nitrogen functional groups attached to an aromatic ring is 1. The largest absolute Gasteiger partial charge is 0.398 e. The molecule has 1 aromatic carbocycles. The first-order chi connectivity index (χ1) is 9.09. The number of nitrogens with two attached hydrogens (primary N) is 1. The highest BCUT2D eigenvalue weighted by atomic mass is 35.5. The van der Waals surface area contributed by atoms with Crippen LogP contribution in [0.2, 0.25) is 5.02 Å². The maximum absolute atomic E-state index is 12.0. The third-order valence-corrected chi connectivity index (χ3v) is 5.84. The van der Waals surface area contributed by atoms with E-state index in [1.54, 1.807) is 6.92 Å². The summed E-state index contributed by atoms with van der Waals surface area (Å²) in [5.41, 5.74) is 6.49. The van der Waals surface area contributed by atoms with E-state index in [9.17, 15) is 16.8 Å². The Balaban J connectivity index is 2.90. The molecular weight excluding hydrogens is 326 g/mol. The fourth-order valence-corrected chi connectivity index (χ4v) is 3.41. The van der Waals surface area contributed by atoms with E-state index in [1.165, 1.54) is 19.2 Å². The van der Waals surface area contributed by atoms with Crippen LogP contribution in [0.15, 0.2) is 17.0 Å². The van der Waals surface area contributed by atoms with Gasteiger partial charge < -0.3 is 5.73 Å². The molecule has 10 heteroatoms. The summed E-state index contributed by atoms with van der Waals surface area (Å²) in [5.74, 6) is -0.363. The molecule has 0 saturated carbocycles. The molecule has 20 heavy (non-hydrogen) atoms. The smallest absolute Gasteiger partial charge is 0.240 e. The summed E-state index contributed by atoms with van der Waals surface area (Å²) >= 11 is 5.88. The zero-order chi connectivity index (χ0) is 15.6. The van der Waals surface area contributed by atoms with E-state index in [0.717, 1.165) is 0 Å². The summed E-state index contributed by atoms with van der Waals surface area (Å²) in [6.07, 6.45) is 0. The van der Waals surface area contributed by atoms with Crippen molar-refractivity contribution in [2.75, 3.05) is 25.1 Å². The van der Waals surface area contributed by atoms with E-state index in [0.29, 0.717) is 5.56 Å². The van der Waals surface area contributed by atoms with Gasteiger partial charge in [0.15, 0.2) is 0 Å². The van der Waals surface area contributed by atoms with Crippen molar-refractivity contribution in [1.82, 2.24) is 9.44 Å². The van der Waals surface area contributed by atoms with Crippen molar-refractivity contribution >= 4 is 37.3 Å². The van der Waals surface area contributed by atoms with E-state index in [2.05, 4.69) is 9.44 Å². The topological polar surface area (TPSA) is 118 Å². The van der Waals surface area contributed by atoms with Gasteiger partial charge in [-0.15, -0.1) is 0 Å². The van der Waals surface area contributed by atoms with Crippen molar-refractivity contribution in [3.05, 3.63) is 22.7 Å². The summed E-state index contributed by atoms with van der Waals surface area (Å²) in [7, 11) is -6.08. The number of hydrogen-bond donors (Lipinski definition) is 3. The minimum absolute atomic E-state index is 0.104. The molecule has 0 aromatic heterocycles. The van der Waals surface area contributed by atoms with Gasteiger partial charge in [-0.3, -0.25) is 0 Å². The maximum Gasteiger partial charge on any atom is 0.240 e. The van der Waals surface area contributed by atoms with Gasteiger partial charge in [-0.25, -0.2) is 26.3 Å². The molecule has 0 aliphatic heterocycles. The molecule has 0 fully saturated rings. The van der Waals surface area contributed by atoms with Crippen molar-refractivity contribution in [1.29, 1.82) is 0 Å². The van der Waals surface area contributed by atoms with Crippen LogP contribution in [0.1, 0.15) is 5.56 Å². The van der Waals surface area contributed by atoms with Crippen LogP contribution in [0.3, 0.4) is 0 Å². The minimum Gasteiger partial charge on any atom is -0.398 e. The van der Waals surface area contributed by atoms with Crippen molar-refractivity contribution in [3.63, 3.8) is 0 Å². The van der Waals surface area contributed by atoms with Crippen LogP contribution in [0.4, 0.5) is 5.69 Å². The molecule has 0 aliphatic rings. The summed E-state index contributed by atoms with van der Waals surface area (Å²) in [6.45, 7) is 1.41. The van der Waals surface area contributed by atoms with Gasteiger partial charge in [-0.2, -0.15) is 0 Å². The molecule has 0 radical (unpaired) electrons. The lowest BCUT2D eigenvalue weighted by atomic mass is 10.2. The average molecular weight is 342 g/mol. The van der Waals surface area contributed by atoms with E-state index in [4.69, 9.17) is 17.3 Å². The normalized spacial score (nSPS) is 12.6. The number of benzene rings is 1. The SMILES string of the molecule is CNS(=O)(=O)CCNS(=O)(=O)c1cc(N)c(C)c(Cl)c1. The Labute approximate surface area is 123 Å². The molecule has 0 heterocycles. The number of rotatable bonds is 6. The molecule has 7 nitrogen and oxygen atoms in total. The number of hydrogen-bond acceptors (Lipinski definition) is 5. The van der Waals surface area contributed by atoms with E-state index in [-0.39, 0.29) is 27.9 Å². The zero-order valence-electron chi connectivity index (χ0n) is 11.0. The van der Waals surface area contributed by atoms with Gasteiger partial charge >= 0.3 is 0 Å². The van der Waals surface area contributed by atoms with Crippen molar-refractivity contribution < 1.29 is 16.8 Å². The number of sulfonamides is 2. The fourth-order valence-electron chi connectivity index (χ4n) is 1.33. The second-order valence-corrected chi connectivity index (χ2v) is 8.26. The predicted molar refractivity (Wildman–Crippen MR) is 78.6 cm³/mol. The first kappa shape index (κ1) is 17.2. The van der Waals surface area contributed by atoms with Crippen LogP contribution in [0.25, 0.3) is 0 Å². The highest BCUT2D eigenvalue weighted by molar-refractivity contribution is 7.90. The van der Waals surface area contributed by atoms with Crippen LogP contribution >= 0.6 is 11.6 Å². The molecule has 0 saturated heterocycles. The molecule has 1 aromatic rings. The van der Waals surface area contributed by atoms with Crippen molar-refractivity contribution in [2.24, 2.45) is 0 Å². The molecule has 0 unspecified atom stereocenters. The minimum atomic E-state index is -3.86. The molecular formula is C10H16ClN3O4S2. The molecule has 0 atom stereocenters. The zero-order valence-corrected chi connectivity index (χ0v) is 13.4. The lowest BCUT2D eigenvalue weighted by Crippen LogP contribution is -2.33. The first-order valence-corrected chi connectivity index (χ1v) is 9.07. The van der Waals surface area contributed by atoms with E-state index < -0.39 is 20.0 Å². The van der Waals surface area contributed by atoms with Gasteiger partial charge in [-0.1, -0.05) is 11.6 Å². The molecule has 0 bridgehead atoms. The van der Waals surface area contributed by atoms with Gasteiger partial charge in [0.05, 0.1) is 10.6 Å². The summed E-state index contributed by atoms with van der Waals surface area (Å²) in [6, 6.07) is 2.54. The highest BCUT2D eigenvalue weighted by Gasteiger charge is 2.17. The molecule has 1 rings (SSSR count). The molecule has 0 spiro atoms. The molecule has 0 aliphatic carbocycles. The standard InChI is InChI=1S/C10H16ClN3O4S2/c1-7-9(11)5-8(6-10(7)12)20(17,18)14-3-4-19(15,16)13-2/h5-6,13-14H,3-4,12H2,1-2H3. The summed E-state index contributed by atoms with van der Waals surface area (Å²) in [5, 5.41) is 0.230. The number of halogens is 1. The Morgan fingerprint density at radius 1 is 1.25 bits per heavy atom. The van der Waals surface area contributed by atoms with Crippen LogP contribution in [-0.2, 0) is 20.0 Å². The quantitative estimate of drug-likeness (QED) is 0.632. The summed E-state index contributed by atoms with van der Waals surface area (Å²) < 4.78 is 50.6. The second-order valence-electron chi connectivity index (χ2n) is 4.04. The van der Waals surface area contributed by atoms with E-state index in [1.807, 2.05) is 0 Å². The van der Waals surface area contributed by atoms with Crippen LogP contribution in [0.5, 0.6) is 0 Å². The summed E-state index contributed by atoms with van der Waals surface area (Å²) in [4.78, 5) is -0.104. The maximum atomic E-state index is 12.0. The lowest BCUT2D eigenvalue weighted by Gasteiger charge is -2.10. The van der Waals surface area contributed by atoms with Gasteiger partial charge in [0.2, 0.25) is 20.0 Å². The predicted octanol–water partition coefficient (Wildman–Crippen LogP) is 0.0581. The van der Waals surface area contributed by atoms with Gasteiger partial charge in [0.1, 0.15) is 0 Å². The van der Waals surface area contributed by atoms with Crippen molar-refractivity contribution in [3.8, 4) is 0 Å². The van der Waals surface area contributed by atoms with Gasteiger partial charge in [0, 0.05) is 17.3 Å². The average Bonchev–Trinajstić information content (AvgIpc) is 2.34. The Kier molecular flexibility index (Phi) is 5.39. The Morgan fingerprint density at radius 2 is 1.85 bits per heavy atom. The number of nitrogens with one attached hydrogen (secondary N) is 2. The Hall–Kier alpha value is -0.870. The first-order valence-electron chi connectivity index (χ1n) is 5.55. The third-order valence-electron chi connectivity index (χ3n) is 2.64. The third kappa shape index (κ3) is 4.32. The highest BCUT2D eigenvalue weighted by Crippen LogP contribution is 2.25. The second kappa shape index (κ2) is 6.27. The fraction of sp³-hybridized carbons (Fsp3) is 0.400. The van der Waals surface area contributed by atoms with Gasteiger partial charge in [0.25, 0.3) is 0 Å². The van der Waals surface area contributed by atoms with Crippen molar-refractivity contribution in [2.45, 2.75) is 11.8 Å². The van der Waals surface area contributed by atoms with Crippen LogP contribution in [-0.4, -0.2) is 36.2 Å².